The van der Waals surface area contributed by atoms with E-state index in [0.717, 1.165) is 23.1 Å². The Morgan fingerprint density at radius 3 is 2.79 bits per heavy atom. The number of fused-ring (bicyclic) bond motifs is 3. The molecule has 7 heteroatoms. The van der Waals surface area contributed by atoms with E-state index in [1.807, 2.05) is 0 Å². The van der Waals surface area contributed by atoms with Crippen LogP contribution < -0.4 is 5.32 Å². The van der Waals surface area contributed by atoms with Crippen LogP contribution in [0.1, 0.15) is 29.7 Å². The lowest BCUT2D eigenvalue weighted by Crippen LogP contribution is -1.98. The van der Waals surface area contributed by atoms with E-state index in [2.05, 4.69) is 15.3 Å². The third-order valence-electron chi connectivity index (χ3n) is 4.25. The second-order valence-corrected chi connectivity index (χ2v) is 7.73. The number of phenolic OH excluding ortho intramolecular Hbond substituents is 1. The van der Waals surface area contributed by atoms with Crippen molar-refractivity contribution in [2.75, 3.05) is 5.32 Å². The first kappa shape index (κ1) is 15.9. The monoisotopic (exact) mass is 379 g/mol. The maximum atomic E-state index is 10.1. The van der Waals surface area contributed by atoms with Crippen molar-refractivity contribution >= 4 is 56.3 Å². The van der Waals surface area contributed by atoms with Crippen molar-refractivity contribution in [2.45, 2.75) is 32.1 Å². The van der Waals surface area contributed by atoms with Crippen LogP contribution in [0, 0.1) is 0 Å². The molecule has 2 N–H and O–H groups in total. The highest BCUT2D eigenvalue weighted by atomic mass is 35.5. The van der Waals surface area contributed by atoms with Crippen LogP contribution >= 0.6 is 34.5 Å². The summed E-state index contributed by atoms with van der Waals surface area (Å²) < 4.78 is 0. The number of halogens is 2. The summed E-state index contributed by atoms with van der Waals surface area (Å²) in [7, 11) is 0. The van der Waals surface area contributed by atoms with Crippen molar-refractivity contribution in [2.24, 2.45) is 0 Å². The first-order chi connectivity index (χ1) is 11.6. The molecule has 0 aliphatic heterocycles. The number of nitrogens with zero attached hydrogens (tertiary/aromatic N) is 2. The lowest BCUT2D eigenvalue weighted by Gasteiger charge is -2.11. The second kappa shape index (κ2) is 6.39. The van der Waals surface area contributed by atoms with E-state index < -0.39 is 0 Å². The van der Waals surface area contributed by atoms with Gasteiger partial charge in [-0.2, -0.15) is 4.98 Å². The highest BCUT2D eigenvalue weighted by molar-refractivity contribution is 7.19. The number of benzene rings is 1. The number of hydrogen-bond donors (Lipinski definition) is 2. The van der Waals surface area contributed by atoms with Gasteiger partial charge in [-0.15, -0.1) is 11.3 Å². The quantitative estimate of drug-likeness (QED) is 0.339. The molecule has 0 radical (unpaired) electrons. The molecule has 0 amide bonds. The molecular weight excluding hydrogens is 365 g/mol. The molecule has 0 saturated carbocycles. The van der Waals surface area contributed by atoms with E-state index in [1.165, 1.54) is 29.7 Å². The Hall–Kier alpha value is -1.56. The van der Waals surface area contributed by atoms with Crippen molar-refractivity contribution in [3.8, 4) is 5.75 Å². The topological polar surface area (TPSA) is 58.0 Å². The predicted octanol–water partition coefficient (Wildman–Crippen LogP) is 5.72. The van der Waals surface area contributed by atoms with Gasteiger partial charge in [0, 0.05) is 9.90 Å². The number of rotatable bonds is 2. The first-order valence-electron chi connectivity index (χ1n) is 7.85. The molecule has 4 nitrogen and oxygen atoms in total. The van der Waals surface area contributed by atoms with Crippen molar-refractivity contribution in [3.63, 3.8) is 0 Å². The Kier molecular flexibility index (Phi) is 4.24. The molecule has 0 saturated heterocycles. The summed E-state index contributed by atoms with van der Waals surface area (Å²) in [6, 6.07) is 4.86. The van der Waals surface area contributed by atoms with Crippen LogP contribution in [0.5, 0.6) is 5.75 Å². The summed E-state index contributed by atoms with van der Waals surface area (Å²) in [4.78, 5) is 11.0. The zero-order chi connectivity index (χ0) is 16.7. The molecule has 0 fully saturated rings. The summed E-state index contributed by atoms with van der Waals surface area (Å²) in [5.74, 6) is 0.741. The summed E-state index contributed by atoms with van der Waals surface area (Å²) in [6.45, 7) is 0. The van der Waals surface area contributed by atoms with Gasteiger partial charge in [0.25, 0.3) is 0 Å². The van der Waals surface area contributed by atoms with Gasteiger partial charge in [-0.05, 0) is 61.0 Å². The van der Waals surface area contributed by atoms with Gasteiger partial charge in [0.1, 0.15) is 16.4 Å². The maximum absolute atomic E-state index is 10.1. The number of phenols is 1. The average Bonchev–Trinajstić information content (AvgIpc) is 2.72. The number of aromatic nitrogens is 2. The van der Waals surface area contributed by atoms with Gasteiger partial charge in [0.05, 0.1) is 11.1 Å². The average molecular weight is 380 g/mol. The molecule has 1 aromatic carbocycles. The molecule has 1 aliphatic rings. The molecular formula is C17H15Cl2N3OS. The molecule has 0 unspecified atom stereocenters. The number of nitrogens with one attached hydrogen (secondary N) is 1. The lowest BCUT2D eigenvalue weighted by atomic mass is 10.1. The van der Waals surface area contributed by atoms with Gasteiger partial charge in [0.15, 0.2) is 0 Å². The molecule has 0 bridgehead atoms. The molecule has 4 rings (SSSR count). The van der Waals surface area contributed by atoms with Crippen LogP contribution in [0.15, 0.2) is 18.2 Å². The van der Waals surface area contributed by atoms with Gasteiger partial charge in [-0.25, -0.2) is 4.98 Å². The van der Waals surface area contributed by atoms with Crippen molar-refractivity contribution < 1.29 is 5.11 Å². The van der Waals surface area contributed by atoms with Crippen LogP contribution in [-0.4, -0.2) is 15.1 Å². The second-order valence-electron chi connectivity index (χ2n) is 5.87. The molecule has 24 heavy (non-hydrogen) atoms. The summed E-state index contributed by atoms with van der Waals surface area (Å²) in [5.41, 5.74) is 1.82. The minimum Gasteiger partial charge on any atom is -0.506 e. The fourth-order valence-corrected chi connectivity index (χ4v) is 4.79. The van der Waals surface area contributed by atoms with Crippen LogP contribution in [0.4, 0.5) is 11.5 Å². The van der Waals surface area contributed by atoms with Gasteiger partial charge in [0.2, 0.25) is 5.28 Å². The Bertz CT molecular complexity index is 926. The zero-order valence-electron chi connectivity index (χ0n) is 12.8. The Morgan fingerprint density at radius 1 is 1.08 bits per heavy atom. The van der Waals surface area contributed by atoms with Gasteiger partial charge in [-0.1, -0.05) is 18.0 Å². The Balaban J connectivity index is 1.87. The molecule has 0 spiro atoms. The van der Waals surface area contributed by atoms with E-state index in [9.17, 15) is 5.11 Å². The van der Waals surface area contributed by atoms with Crippen LogP contribution in [0.25, 0.3) is 10.2 Å². The Morgan fingerprint density at radius 2 is 1.92 bits per heavy atom. The number of thiophene rings is 1. The zero-order valence-corrected chi connectivity index (χ0v) is 15.1. The van der Waals surface area contributed by atoms with Crippen LogP contribution in [0.2, 0.25) is 10.3 Å². The predicted molar refractivity (Wildman–Crippen MR) is 100 cm³/mol. The molecule has 1 aliphatic carbocycles. The maximum Gasteiger partial charge on any atom is 0.225 e. The number of anilines is 2. The van der Waals surface area contributed by atoms with Gasteiger partial charge in [-0.3, -0.25) is 0 Å². The largest absolute Gasteiger partial charge is 0.506 e. The fraction of sp³-hybridized carbons (Fsp3) is 0.294. The van der Waals surface area contributed by atoms with E-state index in [4.69, 9.17) is 23.2 Å². The van der Waals surface area contributed by atoms with E-state index in [1.54, 1.807) is 29.5 Å². The molecule has 0 atom stereocenters. The SMILES string of the molecule is Oc1ccc(Cl)cc1Nc1nc(Cl)nc2sc3c(c12)CCCCC3. The Labute approximate surface area is 153 Å². The van der Waals surface area contributed by atoms with Crippen LogP contribution in [-0.2, 0) is 12.8 Å². The van der Waals surface area contributed by atoms with Gasteiger partial charge < -0.3 is 10.4 Å². The summed E-state index contributed by atoms with van der Waals surface area (Å²) >= 11 is 13.8. The third kappa shape index (κ3) is 2.92. The normalized spacial score (nSPS) is 14.4. The van der Waals surface area contributed by atoms with Crippen LogP contribution in [0.3, 0.4) is 0 Å². The molecule has 2 heterocycles. The van der Waals surface area contributed by atoms with Crippen molar-refractivity contribution in [1.82, 2.24) is 9.97 Å². The molecule has 2 aromatic heterocycles. The van der Waals surface area contributed by atoms with Gasteiger partial charge >= 0.3 is 0 Å². The summed E-state index contributed by atoms with van der Waals surface area (Å²) in [5, 5.41) is 15.0. The first-order valence-corrected chi connectivity index (χ1v) is 9.42. The highest BCUT2D eigenvalue weighted by Crippen LogP contribution is 2.40. The minimum atomic E-state index is 0.114. The fourth-order valence-electron chi connectivity index (χ4n) is 3.13. The molecule has 124 valence electrons. The summed E-state index contributed by atoms with van der Waals surface area (Å²) in [6.07, 6.45) is 5.73. The van der Waals surface area contributed by atoms with Crippen molar-refractivity contribution in [1.29, 1.82) is 0 Å². The van der Waals surface area contributed by atoms with E-state index in [-0.39, 0.29) is 11.0 Å². The number of aryl methyl sites for hydroxylation is 2. The highest BCUT2D eigenvalue weighted by Gasteiger charge is 2.20. The van der Waals surface area contributed by atoms with E-state index in [0.29, 0.717) is 16.5 Å². The third-order valence-corrected chi connectivity index (χ3v) is 5.84. The van der Waals surface area contributed by atoms with E-state index >= 15 is 0 Å². The molecule has 3 aromatic rings. The smallest absolute Gasteiger partial charge is 0.225 e. The number of aromatic hydroxyl groups is 1. The number of hydrogen-bond acceptors (Lipinski definition) is 5. The van der Waals surface area contributed by atoms with Crippen molar-refractivity contribution in [3.05, 3.63) is 38.9 Å². The lowest BCUT2D eigenvalue weighted by molar-refractivity contribution is 0.478. The standard InChI is InChI=1S/C17H15Cl2N3OS/c18-9-6-7-12(23)11(8-9)20-15-14-10-4-2-1-3-5-13(10)24-16(14)22-17(19)21-15/h6-8,23H,1-5H2,(H,20,21,22). The minimum absolute atomic E-state index is 0.114.